The van der Waals surface area contributed by atoms with Gasteiger partial charge in [0.1, 0.15) is 12.4 Å². The van der Waals surface area contributed by atoms with Crippen molar-refractivity contribution in [2.24, 2.45) is 0 Å². The molecule has 6 nitrogen and oxygen atoms in total. The average Bonchev–Trinajstić information content (AvgIpc) is 2.75. The van der Waals surface area contributed by atoms with Crippen molar-refractivity contribution in [3.63, 3.8) is 0 Å². The summed E-state index contributed by atoms with van der Waals surface area (Å²) >= 11 is 6.25. The number of fused-ring (bicyclic) bond motifs is 1. The summed E-state index contributed by atoms with van der Waals surface area (Å²) in [5, 5.41) is 13.3. The van der Waals surface area contributed by atoms with Gasteiger partial charge < -0.3 is 14.8 Å². The molecule has 0 bridgehead atoms. The highest BCUT2D eigenvalue weighted by Gasteiger charge is 2.24. The minimum atomic E-state index is -0.583. The van der Waals surface area contributed by atoms with E-state index in [0.29, 0.717) is 26.3 Å². The van der Waals surface area contributed by atoms with Crippen LogP contribution in [0.4, 0.5) is 0 Å². The van der Waals surface area contributed by atoms with Gasteiger partial charge in [0.2, 0.25) is 5.52 Å². The summed E-state index contributed by atoms with van der Waals surface area (Å²) in [6.07, 6.45) is 0. The second-order valence-corrected chi connectivity index (χ2v) is 6.74. The van der Waals surface area contributed by atoms with E-state index in [0.717, 1.165) is 16.0 Å². The van der Waals surface area contributed by atoms with Gasteiger partial charge in [-0.2, -0.15) is 4.73 Å². The lowest BCUT2D eigenvalue weighted by Crippen LogP contribution is -2.42. The molecule has 0 amide bonds. The number of nitrogens with zero attached hydrogens (tertiary/aromatic N) is 2. The number of benzene rings is 3. The first-order valence-corrected chi connectivity index (χ1v) is 9.26. The fourth-order valence-electron chi connectivity index (χ4n) is 3.09. The Morgan fingerprint density at radius 1 is 1.00 bits per heavy atom. The van der Waals surface area contributed by atoms with Crippen molar-refractivity contribution in [2.75, 3.05) is 7.11 Å². The maximum absolute atomic E-state index is 13.2. The molecule has 1 aromatic heterocycles. The zero-order valence-electron chi connectivity index (χ0n) is 15.5. The maximum Gasteiger partial charge on any atom is 0.357 e. The zero-order valence-corrected chi connectivity index (χ0v) is 16.3. The van der Waals surface area contributed by atoms with Gasteiger partial charge in [-0.1, -0.05) is 48.0 Å². The van der Waals surface area contributed by atoms with Crippen molar-refractivity contribution in [2.45, 2.75) is 6.61 Å². The molecule has 4 rings (SSSR count). The van der Waals surface area contributed by atoms with Gasteiger partial charge in [-0.05, 0) is 35.9 Å². The lowest BCUT2D eigenvalue weighted by molar-refractivity contribution is -0.566. The number of para-hydroxylation sites is 2. The van der Waals surface area contributed by atoms with Gasteiger partial charge in [0.25, 0.3) is 5.69 Å². The summed E-state index contributed by atoms with van der Waals surface area (Å²) in [5.74, 6) is 0.726. The van der Waals surface area contributed by atoms with E-state index in [-0.39, 0.29) is 12.3 Å². The first kappa shape index (κ1) is 18.8. The van der Waals surface area contributed by atoms with E-state index in [2.05, 4.69) is 0 Å². The molecule has 0 N–H and O–H groups in total. The van der Waals surface area contributed by atoms with Crippen molar-refractivity contribution < 1.29 is 14.3 Å². The number of rotatable bonds is 5. The van der Waals surface area contributed by atoms with E-state index in [4.69, 9.17) is 21.2 Å². The van der Waals surface area contributed by atoms with Gasteiger partial charge in [0, 0.05) is 6.07 Å². The Balaban J connectivity index is 1.84. The molecule has 0 spiro atoms. The van der Waals surface area contributed by atoms with Gasteiger partial charge in [-0.25, -0.2) is 0 Å². The van der Waals surface area contributed by atoms with Crippen molar-refractivity contribution >= 4 is 22.6 Å². The Bertz CT molecular complexity index is 1240. The highest BCUT2D eigenvalue weighted by atomic mass is 35.5. The number of ether oxygens (including phenoxy) is 1. The molecule has 7 heteroatoms. The van der Waals surface area contributed by atoms with Crippen LogP contribution in [-0.4, -0.2) is 11.8 Å². The first-order valence-electron chi connectivity index (χ1n) is 8.88. The number of methoxy groups -OCH3 is 1. The molecule has 1 heterocycles. The van der Waals surface area contributed by atoms with Crippen LogP contribution in [0.5, 0.6) is 5.75 Å². The van der Waals surface area contributed by atoms with Crippen molar-refractivity contribution in [1.29, 1.82) is 0 Å². The topological polar surface area (TPSA) is 67.4 Å². The molecule has 146 valence electrons. The summed E-state index contributed by atoms with van der Waals surface area (Å²) in [6, 6.07) is 20.8. The average molecular weight is 409 g/mol. The highest BCUT2D eigenvalue weighted by Crippen LogP contribution is 2.24. The molecule has 4 aromatic rings. The Morgan fingerprint density at radius 2 is 1.69 bits per heavy atom. The molecule has 0 atom stereocenters. The standard InChI is InChI=1S/C22H17ClN2O4/c1-28-16-12-10-15(11-13-16)14-29-25-20-9-5-4-8-19(20)24(27)21(22(25)26)17-6-2-3-7-18(17)23/h2-13H,14H2,1H3. The van der Waals surface area contributed by atoms with Crippen LogP contribution in [0.1, 0.15) is 5.56 Å². The largest absolute Gasteiger partial charge is 0.618 e. The molecule has 0 aliphatic heterocycles. The predicted molar refractivity (Wildman–Crippen MR) is 111 cm³/mol. The van der Waals surface area contributed by atoms with E-state index >= 15 is 0 Å². The number of aromatic nitrogens is 2. The van der Waals surface area contributed by atoms with E-state index < -0.39 is 5.56 Å². The third-order valence-electron chi connectivity index (χ3n) is 4.56. The molecule has 0 unspecified atom stereocenters. The third kappa shape index (κ3) is 3.50. The Kier molecular flexibility index (Phi) is 5.10. The smallest absolute Gasteiger partial charge is 0.357 e. The van der Waals surface area contributed by atoms with Gasteiger partial charge in [0.15, 0.2) is 5.52 Å². The minimum Gasteiger partial charge on any atom is -0.618 e. The minimum absolute atomic E-state index is 0.0935. The molecule has 0 aliphatic rings. The molecular weight excluding hydrogens is 392 g/mol. The van der Waals surface area contributed by atoms with E-state index in [1.807, 2.05) is 24.3 Å². The van der Waals surface area contributed by atoms with Crippen molar-refractivity contribution in [3.05, 3.63) is 98.9 Å². The van der Waals surface area contributed by atoms with Crippen LogP contribution in [0, 0.1) is 5.21 Å². The lowest BCUT2D eigenvalue weighted by Gasteiger charge is -2.14. The Labute approximate surface area is 171 Å². The molecule has 0 aliphatic carbocycles. The second-order valence-electron chi connectivity index (χ2n) is 6.33. The fourth-order valence-corrected chi connectivity index (χ4v) is 3.31. The van der Waals surface area contributed by atoms with Crippen LogP contribution in [-0.2, 0) is 6.61 Å². The summed E-state index contributed by atoms with van der Waals surface area (Å²) in [5.41, 5.74) is 1.19. The normalized spacial score (nSPS) is 10.8. The van der Waals surface area contributed by atoms with E-state index in [1.54, 1.807) is 55.6 Å². The lowest BCUT2D eigenvalue weighted by atomic mass is 10.1. The van der Waals surface area contributed by atoms with Crippen LogP contribution >= 0.6 is 11.6 Å². The fraction of sp³-hybridized carbons (Fsp3) is 0.0909. The second kappa shape index (κ2) is 7.85. The predicted octanol–water partition coefficient (Wildman–Crippen LogP) is 3.59. The summed E-state index contributed by atoms with van der Waals surface area (Å²) in [6.45, 7) is 0.138. The molecule has 0 saturated carbocycles. The summed E-state index contributed by atoms with van der Waals surface area (Å²) in [4.78, 5) is 19.1. The maximum atomic E-state index is 13.2. The monoisotopic (exact) mass is 408 g/mol. The number of hydrogen-bond donors (Lipinski definition) is 0. The highest BCUT2D eigenvalue weighted by molar-refractivity contribution is 6.33. The van der Waals surface area contributed by atoms with Gasteiger partial charge >= 0.3 is 5.56 Å². The van der Waals surface area contributed by atoms with Crippen LogP contribution < -0.4 is 19.9 Å². The van der Waals surface area contributed by atoms with Crippen molar-refractivity contribution in [3.8, 4) is 17.0 Å². The van der Waals surface area contributed by atoms with Crippen LogP contribution in [0.25, 0.3) is 22.3 Å². The van der Waals surface area contributed by atoms with Crippen LogP contribution in [0.3, 0.4) is 0 Å². The number of halogens is 1. The van der Waals surface area contributed by atoms with E-state index in [9.17, 15) is 10.0 Å². The molecular formula is C22H17ClN2O4. The SMILES string of the molecule is COc1ccc(COn2c(=O)c(-c3ccccc3Cl)[n+]([O-])c3ccccc32)cc1. The molecule has 0 fully saturated rings. The molecule has 0 saturated heterocycles. The Morgan fingerprint density at radius 3 is 2.41 bits per heavy atom. The number of hydrogen-bond acceptors (Lipinski definition) is 4. The van der Waals surface area contributed by atoms with Gasteiger partial charge in [-0.15, -0.1) is 4.73 Å². The van der Waals surface area contributed by atoms with Crippen molar-refractivity contribution in [1.82, 2.24) is 4.73 Å². The third-order valence-corrected chi connectivity index (χ3v) is 4.89. The molecule has 29 heavy (non-hydrogen) atoms. The quantitative estimate of drug-likeness (QED) is 0.374. The Hall–Kier alpha value is -3.51. The zero-order chi connectivity index (χ0) is 20.4. The molecule has 0 radical (unpaired) electrons. The van der Waals surface area contributed by atoms with Gasteiger partial charge in [0.05, 0.1) is 17.7 Å². The first-order chi connectivity index (χ1) is 14.1. The summed E-state index contributed by atoms with van der Waals surface area (Å²) < 4.78 is 6.90. The molecule has 3 aromatic carbocycles. The summed E-state index contributed by atoms with van der Waals surface area (Å²) in [7, 11) is 1.59. The van der Waals surface area contributed by atoms with E-state index in [1.165, 1.54) is 0 Å². The van der Waals surface area contributed by atoms with Crippen LogP contribution in [0.2, 0.25) is 5.02 Å². The van der Waals surface area contributed by atoms with Gasteiger partial charge in [-0.3, -0.25) is 4.79 Å². The van der Waals surface area contributed by atoms with Crippen LogP contribution in [0.15, 0.2) is 77.6 Å².